The molecular weight excluding hydrogens is 261 g/mol. The van der Waals surface area contributed by atoms with E-state index in [0.29, 0.717) is 16.9 Å². The number of benzene rings is 1. The Morgan fingerprint density at radius 1 is 1.45 bits per heavy atom. The van der Waals surface area contributed by atoms with E-state index >= 15 is 0 Å². The van der Waals surface area contributed by atoms with Crippen LogP contribution in [-0.4, -0.2) is 17.6 Å². The van der Waals surface area contributed by atoms with Crippen LogP contribution >= 0.6 is 0 Å². The van der Waals surface area contributed by atoms with Crippen molar-refractivity contribution in [3.05, 3.63) is 53.2 Å². The lowest BCUT2D eigenvalue weighted by molar-refractivity contribution is 0.102. The molecule has 0 saturated carbocycles. The highest BCUT2D eigenvalue weighted by molar-refractivity contribution is 6.04. The van der Waals surface area contributed by atoms with E-state index in [-0.39, 0.29) is 12.3 Å². The Balaban J connectivity index is 2.18. The summed E-state index contributed by atoms with van der Waals surface area (Å²) in [7, 11) is 0. The van der Waals surface area contributed by atoms with Crippen molar-refractivity contribution in [1.82, 2.24) is 0 Å². The molecule has 2 aromatic rings. The molecule has 0 radical (unpaired) electrons. The van der Waals surface area contributed by atoms with Crippen LogP contribution in [0.3, 0.4) is 0 Å². The maximum atomic E-state index is 13.8. The molecule has 20 heavy (non-hydrogen) atoms. The molecule has 0 aliphatic rings. The molecule has 4 nitrogen and oxygen atoms in total. The summed E-state index contributed by atoms with van der Waals surface area (Å²) in [6.07, 6.45) is 1.40. The van der Waals surface area contributed by atoms with Crippen LogP contribution in [0.4, 0.5) is 10.1 Å². The van der Waals surface area contributed by atoms with Gasteiger partial charge in [-0.05, 0) is 31.2 Å². The molecule has 1 amide bonds. The summed E-state index contributed by atoms with van der Waals surface area (Å²) in [4.78, 5) is 11.9. The maximum Gasteiger partial charge on any atom is 0.259 e. The fourth-order valence-electron chi connectivity index (χ4n) is 1.65. The Kier molecular flexibility index (Phi) is 4.18. The number of halogens is 1. The topological polar surface area (TPSA) is 62.5 Å². The van der Waals surface area contributed by atoms with E-state index in [9.17, 15) is 9.18 Å². The smallest absolute Gasteiger partial charge is 0.259 e. The summed E-state index contributed by atoms with van der Waals surface area (Å²) in [5, 5.41) is 11.0. The number of anilines is 1. The second kappa shape index (κ2) is 6.04. The molecule has 0 aliphatic carbocycles. The number of nitrogens with one attached hydrogen (secondary N) is 1. The van der Waals surface area contributed by atoms with E-state index in [1.165, 1.54) is 24.5 Å². The number of aliphatic hydroxyl groups is 1. The number of carbonyl (C=O) groups is 1. The predicted octanol–water partition coefficient (Wildman–Crippen LogP) is 2.32. The Morgan fingerprint density at radius 3 is 2.85 bits per heavy atom. The molecule has 5 heteroatoms. The van der Waals surface area contributed by atoms with Gasteiger partial charge >= 0.3 is 0 Å². The highest BCUT2D eigenvalue weighted by Crippen LogP contribution is 2.18. The molecule has 2 N–H and O–H groups in total. The monoisotopic (exact) mass is 273 g/mol. The van der Waals surface area contributed by atoms with Crippen LogP contribution in [0.5, 0.6) is 0 Å². The molecular formula is C15H12FNO3. The van der Waals surface area contributed by atoms with Crippen LogP contribution in [0.15, 0.2) is 34.9 Å². The Bertz CT molecular complexity index is 695. The van der Waals surface area contributed by atoms with E-state index in [1.54, 1.807) is 13.0 Å². The average Bonchev–Trinajstić information content (AvgIpc) is 2.85. The van der Waals surface area contributed by atoms with Crippen LogP contribution in [0.1, 0.15) is 21.7 Å². The van der Waals surface area contributed by atoms with Crippen molar-refractivity contribution < 1.29 is 18.7 Å². The fraction of sp³-hybridized carbons (Fsp3) is 0.133. The summed E-state index contributed by atoms with van der Waals surface area (Å²) < 4.78 is 18.8. The number of amides is 1. The lowest BCUT2D eigenvalue weighted by Gasteiger charge is -2.06. The van der Waals surface area contributed by atoms with Crippen LogP contribution in [0.25, 0.3) is 0 Å². The van der Waals surface area contributed by atoms with Crippen molar-refractivity contribution in [3.63, 3.8) is 0 Å². The van der Waals surface area contributed by atoms with Crippen molar-refractivity contribution in [2.45, 2.75) is 6.92 Å². The average molecular weight is 273 g/mol. The Labute approximate surface area is 115 Å². The van der Waals surface area contributed by atoms with Crippen molar-refractivity contribution in [2.24, 2.45) is 0 Å². The normalized spacial score (nSPS) is 9.75. The molecule has 2 rings (SSSR count). The molecule has 0 fully saturated rings. The van der Waals surface area contributed by atoms with E-state index in [2.05, 4.69) is 17.2 Å². The third kappa shape index (κ3) is 3.05. The largest absolute Gasteiger partial charge is 0.469 e. The van der Waals surface area contributed by atoms with Gasteiger partial charge in [-0.25, -0.2) is 4.39 Å². The lowest BCUT2D eigenvalue weighted by atomic mass is 10.2. The number of rotatable bonds is 2. The van der Waals surface area contributed by atoms with E-state index in [0.717, 1.165) is 0 Å². The van der Waals surface area contributed by atoms with Crippen LogP contribution in [-0.2, 0) is 0 Å². The van der Waals surface area contributed by atoms with Gasteiger partial charge in [0, 0.05) is 5.56 Å². The molecule has 0 atom stereocenters. The Morgan fingerprint density at radius 2 is 2.25 bits per heavy atom. The van der Waals surface area contributed by atoms with Gasteiger partial charge in [-0.3, -0.25) is 4.79 Å². The summed E-state index contributed by atoms with van der Waals surface area (Å²) >= 11 is 0. The molecule has 102 valence electrons. The van der Waals surface area contributed by atoms with Gasteiger partial charge in [0.15, 0.2) is 0 Å². The van der Waals surface area contributed by atoms with Gasteiger partial charge in [-0.1, -0.05) is 11.8 Å². The highest BCUT2D eigenvalue weighted by Gasteiger charge is 2.13. The lowest BCUT2D eigenvalue weighted by Crippen LogP contribution is -2.13. The van der Waals surface area contributed by atoms with Gasteiger partial charge in [-0.2, -0.15) is 0 Å². The van der Waals surface area contributed by atoms with E-state index in [4.69, 9.17) is 9.52 Å². The zero-order chi connectivity index (χ0) is 14.5. The first-order valence-corrected chi connectivity index (χ1v) is 5.86. The molecule has 0 saturated heterocycles. The second-order valence-electron chi connectivity index (χ2n) is 4.00. The van der Waals surface area contributed by atoms with Gasteiger partial charge < -0.3 is 14.8 Å². The highest BCUT2D eigenvalue weighted by atomic mass is 19.1. The summed E-state index contributed by atoms with van der Waals surface area (Å²) in [5.74, 6) is 4.44. The summed E-state index contributed by atoms with van der Waals surface area (Å²) in [5.41, 5.74) is 0.840. The van der Waals surface area contributed by atoms with Gasteiger partial charge in [-0.15, -0.1) is 0 Å². The van der Waals surface area contributed by atoms with Crippen molar-refractivity contribution in [1.29, 1.82) is 0 Å². The van der Waals surface area contributed by atoms with E-state index < -0.39 is 11.7 Å². The first-order chi connectivity index (χ1) is 9.61. The fourth-order valence-corrected chi connectivity index (χ4v) is 1.65. The van der Waals surface area contributed by atoms with Crippen LogP contribution in [0, 0.1) is 24.6 Å². The quantitative estimate of drug-likeness (QED) is 0.825. The maximum absolute atomic E-state index is 13.8. The summed E-state index contributed by atoms with van der Waals surface area (Å²) in [6.45, 7) is 1.36. The molecule has 1 aromatic heterocycles. The van der Waals surface area contributed by atoms with Crippen LogP contribution in [0.2, 0.25) is 0 Å². The van der Waals surface area contributed by atoms with Gasteiger partial charge in [0.2, 0.25) is 0 Å². The second-order valence-corrected chi connectivity index (χ2v) is 4.00. The standard InChI is InChI=1S/C15H12FNO3/c1-10-12(6-8-20-10)15(19)17-14-5-4-11(3-2-7-18)9-13(14)16/h4-6,8-9,18H,7H2,1H3,(H,17,19). The zero-order valence-corrected chi connectivity index (χ0v) is 10.7. The SMILES string of the molecule is Cc1occc1C(=O)Nc1ccc(C#CCO)cc1F. The van der Waals surface area contributed by atoms with Crippen LogP contribution < -0.4 is 5.32 Å². The first kappa shape index (κ1) is 13.8. The minimum Gasteiger partial charge on any atom is -0.469 e. The molecule has 1 heterocycles. The predicted molar refractivity (Wildman–Crippen MR) is 71.8 cm³/mol. The number of furan rings is 1. The number of hydrogen-bond donors (Lipinski definition) is 2. The third-order valence-electron chi connectivity index (χ3n) is 2.63. The molecule has 0 bridgehead atoms. The molecule has 0 aliphatic heterocycles. The van der Waals surface area contributed by atoms with Crippen molar-refractivity contribution >= 4 is 11.6 Å². The van der Waals surface area contributed by atoms with Crippen molar-refractivity contribution in [2.75, 3.05) is 11.9 Å². The number of aliphatic hydroxyl groups excluding tert-OH is 1. The summed E-state index contributed by atoms with van der Waals surface area (Å²) in [6, 6.07) is 5.69. The van der Waals surface area contributed by atoms with Crippen molar-refractivity contribution in [3.8, 4) is 11.8 Å². The first-order valence-electron chi connectivity index (χ1n) is 5.86. The molecule has 0 unspecified atom stereocenters. The Hall–Kier alpha value is -2.58. The third-order valence-corrected chi connectivity index (χ3v) is 2.63. The number of hydrogen-bond acceptors (Lipinski definition) is 3. The zero-order valence-electron chi connectivity index (χ0n) is 10.7. The van der Waals surface area contributed by atoms with Gasteiger partial charge in [0.25, 0.3) is 5.91 Å². The number of carbonyl (C=O) groups excluding carboxylic acids is 1. The van der Waals surface area contributed by atoms with Gasteiger partial charge in [0.05, 0.1) is 17.5 Å². The minimum atomic E-state index is -0.593. The molecule has 0 spiro atoms. The van der Waals surface area contributed by atoms with Gasteiger partial charge in [0.1, 0.15) is 18.2 Å². The van der Waals surface area contributed by atoms with E-state index in [1.807, 2.05) is 0 Å². The molecule has 1 aromatic carbocycles. The number of aryl methyl sites for hydroxylation is 1. The minimum absolute atomic E-state index is 0.0603.